The van der Waals surface area contributed by atoms with Crippen LogP contribution >= 0.6 is 0 Å². The first kappa shape index (κ1) is 12.8. The van der Waals surface area contributed by atoms with Gasteiger partial charge in [0.1, 0.15) is 6.42 Å². The van der Waals surface area contributed by atoms with Crippen molar-refractivity contribution in [3.63, 3.8) is 0 Å². The summed E-state index contributed by atoms with van der Waals surface area (Å²) in [4.78, 5) is 0. The van der Waals surface area contributed by atoms with E-state index in [-0.39, 0.29) is 18.9 Å². The summed E-state index contributed by atoms with van der Waals surface area (Å²) in [6.45, 7) is 0. The molecular formula is C3H2F6Li. The van der Waals surface area contributed by atoms with Gasteiger partial charge in [0.25, 0.3) is 0 Å². The Kier molecular flexibility index (Phi) is 4.53. The molecule has 0 fully saturated rings. The molecule has 0 aliphatic rings. The predicted molar refractivity (Wildman–Crippen MR) is 22.5 cm³/mol. The molecule has 0 aliphatic carbocycles. The van der Waals surface area contributed by atoms with E-state index in [2.05, 4.69) is 0 Å². The Hall–Kier alpha value is 0.177. The third-order valence-corrected chi connectivity index (χ3v) is 0.401. The van der Waals surface area contributed by atoms with Crippen molar-refractivity contribution in [2.75, 3.05) is 0 Å². The first-order chi connectivity index (χ1) is 3.71. The summed E-state index contributed by atoms with van der Waals surface area (Å²) in [6, 6.07) is 0. The second kappa shape index (κ2) is 3.53. The molecule has 7 heteroatoms. The van der Waals surface area contributed by atoms with Gasteiger partial charge in [-0.05, 0) is 0 Å². The third-order valence-electron chi connectivity index (χ3n) is 0.401. The number of halogens is 6. The molecule has 0 N–H and O–H groups in total. The molecule has 0 heterocycles. The van der Waals surface area contributed by atoms with E-state index >= 15 is 0 Å². The van der Waals surface area contributed by atoms with Gasteiger partial charge >= 0.3 is 12.4 Å². The van der Waals surface area contributed by atoms with Crippen molar-refractivity contribution in [3.05, 3.63) is 0 Å². The molecule has 0 unspecified atom stereocenters. The molecular weight excluding hydrogens is 157 g/mol. The fraction of sp³-hybridized carbons (Fsp3) is 1.00. The molecule has 0 aliphatic heterocycles. The fourth-order valence-electron chi connectivity index (χ4n) is 0.227. The largest absolute Gasteiger partial charge is 0.397 e. The van der Waals surface area contributed by atoms with Crippen LogP contribution in [0.15, 0.2) is 0 Å². The average molecular weight is 159 g/mol. The van der Waals surface area contributed by atoms with Gasteiger partial charge in [0.05, 0.1) is 0 Å². The van der Waals surface area contributed by atoms with Gasteiger partial charge in [-0.25, -0.2) is 0 Å². The second-order valence-electron chi connectivity index (χ2n) is 1.41. The van der Waals surface area contributed by atoms with Gasteiger partial charge in [0.2, 0.25) is 0 Å². The monoisotopic (exact) mass is 159 g/mol. The summed E-state index contributed by atoms with van der Waals surface area (Å²) in [5.41, 5.74) is 0. The van der Waals surface area contributed by atoms with Crippen LogP contribution in [-0.2, 0) is 0 Å². The molecule has 0 aromatic heterocycles. The molecule has 0 spiro atoms. The van der Waals surface area contributed by atoms with Crippen molar-refractivity contribution in [3.8, 4) is 0 Å². The van der Waals surface area contributed by atoms with Crippen LogP contribution in [0.25, 0.3) is 0 Å². The van der Waals surface area contributed by atoms with Crippen LogP contribution in [-0.4, -0.2) is 31.2 Å². The van der Waals surface area contributed by atoms with E-state index in [0.717, 1.165) is 0 Å². The van der Waals surface area contributed by atoms with Crippen molar-refractivity contribution in [2.45, 2.75) is 18.8 Å². The standard InChI is InChI=1S/C3H2F6.Li/c4-2(5,6)1-3(7,8)9;/h1H2;. The number of alkyl halides is 6. The van der Waals surface area contributed by atoms with E-state index in [1.807, 2.05) is 0 Å². The third kappa shape index (κ3) is 11.0. The van der Waals surface area contributed by atoms with Crippen molar-refractivity contribution >= 4 is 18.9 Å². The summed E-state index contributed by atoms with van der Waals surface area (Å²) >= 11 is 0. The van der Waals surface area contributed by atoms with Gasteiger partial charge in [-0.2, -0.15) is 26.3 Å². The van der Waals surface area contributed by atoms with E-state index in [1.165, 1.54) is 0 Å². The van der Waals surface area contributed by atoms with Crippen molar-refractivity contribution < 1.29 is 26.3 Å². The maximum Gasteiger partial charge on any atom is 0.397 e. The Balaban J connectivity index is 0. The Morgan fingerprint density at radius 2 is 0.900 bits per heavy atom. The minimum atomic E-state index is -5.14. The van der Waals surface area contributed by atoms with Crippen LogP contribution in [0.5, 0.6) is 0 Å². The zero-order chi connectivity index (χ0) is 7.71. The zero-order valence-electron chi connectivity index (χ0n) is 4.97. The maximum atomic E-state index is 10.8. The van der Waals surface area contributed by atoms with Gasteiger partial charge < -0.3 is 0 Å². The molecule has 0 amide bonds. The van der Waals surface area contributed by atoms with Gasteiger partial charge in [-0.1, -0.05) is 0 Å². The fourth-order valence-corrected chi connectivity index (χ4v) is 0.227. The van der Waals surface area contributed by atoms with Crippen molar-refractivity contribution in [2.24, 2.45) is 0 Å². The van der Waals surface area contributed by atoms with Crippen LogP contribution in [0, 0.1) is 0 Å². The van der Waals surface area contributed by atoms with Gasteiger partial charge in [0.15, 0.2) is 0 Å². The minimum Gasteiger partial charge on any atom is -0.171 e. The first-order valence-electron chi connectivity index (χ1n) is 1.84. The summed E-state index contributed by atoms with van der Waals surface area (Å²) < 4.78 is 65.0. The van der Waals surface area contributed by atoms with E-state index in [0.29, 0.717) is 0 Å². The molecule has 0 nitrogen and oxygen atoms in total. The van der Waals surface area contributed by atoms with Crippen LogP contribution in [0.3, 0.4) is 0 Å². The normalized spacial score (nSPS) is 12.6. The quantitative estimate of drug-likeness (QED) is 0.375. The summed E-state index contributed by atoms with van der Waals surface area (Å²) in [6.07, 6.45) is -13.0. The number of hydrogen-bond acceptors (Lipinski definition) is 0. The van der Waals surface area contributed by atoms with Gasteiger partial charge in [-0.15, -0.1) is 0 Å². The van der Waals surface area contributed by atoms with Crippen molar-refractivity contribution in [1.82, 2.24) is 0 Å². The molecule has 0 rings (SSSR count). The second-order valence-corrected chi connectivity index (χ2v) is 1.41. The first-order valence-corrected chi connectivity index (χ1v) is 1.84. The molecule has 0 aromatic rings. The van der Waals surface area contributed by atoms with Crippen LogP contribution < -0.4 is 0 Å². The van der Waals surface area contributed by atoms with Crippen LogP contribution in [0.2, 0.25) is 0 Å². The van der Waals surface area contributed by atoms with Crippen LogP contribution in [0.1, 0.15) is 6.42 Å². The van der Waals surface area contributed by atoms with E-state index < -0.39 is 18.8 Å². The smallest absolute Gasteiger partial charge is 0.171 e. The molecule has 0 bridgehead atoms. The molecule has 0 saturated heterocycles. The average Bonchev–Trinajstić information content (AvgIpc) is 1.14. The van der Waals surface area contributed by atoms with Crippen LogP contribution in [0.4, 0.5) is 26.3 Å². The van der Waals surface area contributed by atoms with E-state index in [9.17, 15) is 26.3 Å². The molecule has 57 valence electrons. The Morgan fingerprint density at radius 1 is 0.700 bits per heavy atom. The molecule has 1 radical (unpaired) electrons. The molecule has 10 heavy (non-hydrogen) atoms. The van der Waals surface area contributed by atoms with E-state index in [1.54, 1.807) is 0 Å². The topological polar surface area (TPSA) is 0 Å². The number of hydrogen-bond donors (Lipinski definition) is 0. The SMILES string of the molecule is FC(F)(F)CC(F)(F)F.[Li]. The van der Waals surface area contributed by atoms with Crippen molar-refractivity contribution in [1.29, 1.82) is 0 Å². The van der Waals surface area contributed by atoms with Gasteiger partial charge in [0, 0.05) is 18.9 Å². The Morgan fingerprint density at radius 3 is 0.900 bits per heavy atom. The molecule has 0 saturated carbocycles. The summed E-state index contributed by atoms with van der Waals surface area (Å²) in [5, 5.41) is 0. The maximum absolute atomic E-state index is 10.8. The molecule has 0 aromatic carbocycles. The minimum absolute atomic E-state index is 0. The van der Waals surface area contributed by atoms with E-state index in [4.69, 9.17) is 0 Å². The summed E-state index contributed by atoms with van der Waals surface area (Å²) in [7, 11) is 0. The Labute approximate surface area is 64.8 Å². The molecule has 0 atom stereocenters. The van der Waals surface area contributed by atoms with Gasteiger partial charge in [-0.3, -0.25) is 0 Å². The number of rotatable bonds is 0. The Bertz CT molecular complexity index is 78.1. The predicted octanol–water partition coefficient (Wildman–Crippen LogP) is 2.12. The zero-order valence-corrected chi connectivity index (χ0v) is 4.97. The summed E-state index contributed by atoms with van der Waals surface area (Å²) in [5.74, 6) is 0.